The predicted octanol–water partition coefficient (Wildman–Crippen LogP) is 7.42. The number of hydrogen-bond donors (Lipinski definition) is 1. The van der Waals surface area contributed by atoms with Gasteiger partial charge in [-0.3, -0.25) is 4.79 Å². The van der Waals surface area contributed by atoms with Crippen LogP contribution in [0.15, 0.2) is 11.6 Å². The minimum atomic E-state index is -0.520. The van der Waals surface area contributed by atoms with E-state index in [-0.39, 0.29) is 36.1 Å². The Hall–Kier alpha value is -1.16. The summed E-state index contributed by atoms with van der Waals surface area (Å²) in [5, 5.41) is 10.7. The molecule has 0 aromatic carbocycles. The monoisotopic (exact) mass is 500 g/mol. The van der Waals surface area contributed by atoms with E-state index >= 15 is 0 Å². The molecule has 9 atom stereocenters. The highest BCUT2D eigenvalue weighted by Gasteiger charge is 2.59. The summed E-state index contributed by atoms with van der Waals surface area (Å²) in [5.74, 6) is 3.59. The first-order valence-electron chi connectivity index (χ1n) is 15.0. The minimum Gasteiger partial charge on any atom is -0.462 e. The van der Waals surface area contributed by atoms with Gasteiger partial charge in [0.2, 0.25) is 0 Å². The normalized spacial score (nSPS) is 41.4. The topological polar surface area (TPSA) is 63.6 Å². The molecule has 0 aliphatic heterocycles. The van der Waals surface area contributed by atoms with E-state index in [0.717, 1.165) is 62.2 Å². The lowest BCUT2D eigenvalue weighted by Crippen LogP contribution is -2.52. The van der Waals surface area contributed by atoms with E-state index < -0.39 is 5.60 Å². The van der Waals surface area contributed by atoms with Crippen molar-refractivity contribution in [2.24, 2.45) is 40.4 Å². The fraction of sp³-hybridized carbons (Fsp3) is 0.875. The highest BCUT2D eigenvalue weighted by atomic mass is 16.5. The standard InChI is InChI=1S/C32H52O4/c1-7-24(36-29(34)15-9-22(3)33)11-8-21(2)26-13-14-27-25-12-10-23-20-30(4,35)18-19-31(23,5)28(25)16-17-32(26,27)6/h10,21,24-28,35H,7-9,11-20H2,1-6H3/t21-,24?,25+,26-,27+,28+,30+,31+,32-/m1/s1. The molecule has 36 heavy (non-hydrogen) atoms. The highest BCUT2D eigenvalue weighted by molar-refractivity contribution is 5.81. The Morgan fingerprint density at radius 1 is 1.06 bits per heavy atom. The fourth-order valence-corrected chi connectivity index (χ4v) is 9.30. The molecular weight excluding hydrogens is 448 g/mol. The molecule has 0 aromatic heterocycles. The van der Waals surface area contributed by atoms with Crippen LogP contribution < -0.4 is 0 Å². The first-order valence-corrected chi connectivity index (χ1v) is 15.0. The summed E-state index contributed by atoms with van der Waals surface area (Å²) >= 11 is 0. The Labute approximate surface area is 220 Å². The maximum absolute atomic E-state index is 12.2. The van der Waals surface area contributed by atoms with Gasteiger partial charge in [0.05, 0.1) is 12.0 Å². The summed E-state index contributed by atoms with van der Waals surface area (Å²) in [6.07, 6.45) is 15.4. The number of rotatable bonds is 9. The second kappa shape index (κ2) is 10.5. The molecule has 0 bridgehead atoms. The zero-order valence-corrected chi connectivity index (χ0v) is 23.9. The molecule has 0 aromatic rings. The number of aliphatic hydroxyl groups is 1. The van der Waals surface area contributed by atoms with Gasteiger partial charge in [-0.25, -0.2) is 0 Å². The van der Waals surface area contributed by atoms with Crippen molar-refractivity contribution >= 4 is 11.8 Å². The summed E-state index contributed by atoms with van der Waals surface area (Å²) in [4.78, 5) is 23.4. The Kier molecular flexibility index (Phi) is 8.16. The lowest BCUT2D eigenvalue weighted by atomic mass is 9.46. The van der Waals surface area contributed by atoms with Crippen molar-refractivity contribution in [1.29, 1.82) is 0 Å². The van der Waals surface area contributed by atoms with Gasteiger partial charge in [0.15, 0.2) is 0 Å². The van der Waals surface area contributed by atoms with Gasteiger partial charge in [-0.05, 0) is 125 Å². The maximum atomic E-state index is 12.2. The Balaban J connectivity index is 1.38. The van der Waals surface area contributed by atoms with Crippen molar-refractivity contribution in [1.82, 2.24) is 0 Å². The molecule has 4 heteroatoms. The third-order valence-electron chi connectivity index (χ3n) is 11.5. The van der Waals surface area contributed by atoms with Crippen molar-refractivity contribution in [3.05, 3.63) is 11.6 Å². The second-order valence-electron chi connectivity index (χ2n) is 13.9. The van der Waals surface area contributed by atoms with Gasteiger partial charge in [-0.15, -0.1) is 0 Å². The van der Waals surface area contributed by atoms with E-state index in [0.29, 0.717) is 11.3 Å². The second-order valence-corrected chi connectivity index (χ2v) is 13.9. The summed E-state index contributed by atoms with van der Waals surface area (Å²) < 4.78 is 5.73. The van der Waals surface area contributed by atoms with Crippen LogP contribution in [0.4, 0.5) is 0 Å². The molecule has 0 heterocycles. The van der Waals surface area contributed by atoms with Crippen LogP contribution in [0.25, 0.3) is 0 Å². The molecular formula is C32H52O4. The van der Waals surface area contributed by atoms with Crippen LogP contribution in [-0.4, -0.2) is 28.6 Å². The molecule has 4 rings (SSSR count). The van der Waals surface area contributed by atoms with E-state index in [9.17, 15) is 14.7 Å². The lowest BCUT2D eigenvalue weighted by molar-refractivity contribution is -0.150. The lowest BCUT2D eigenvalue weighted by Gasteiger charge is -2.59. The zero-order chi connectivity index (χ0) is 26.3. The molecule has 4 aliphatic carbocycles. The summed E-state index contributed by atoms with van der Waals surface area (Å²) in [6.45, 7) is 13.2. The molecule has 1 N–H and O–H groups in total. The zero-order valence-electron chi connectivity index (χ0n) is 23.9. The van der Waals surface area contributed by atoms with Crippen molar-refractivity contribution in [2.75, 3.05) is 0 Å². The SMILES string of the molecule is CCC(CC[C@@H](C)[C@H]1CC[C@H]2[C@@H]3CC=C4C[C@@](C)(O)CC[C@]4(C)[C@H]3CC[C@]12C)OC(=O)CCC(C)=O. The summed E-state index contributed by atoms with van der Waals surface area (Å²) in [7, 11) is 0. The van der Waals surface area contributed by atoms with Gasteiger partial charge in [0.1, 0.15) is 11.9 Å². The molecule has 4 nitrogen and oxygen atoms in total. The van der Waals surface area contributed by atoms with E-state index in [1.165, 1.54) is 39.0 Å². The van der Waals surface area contributed by atoms with E-state index in [1.807, 2.05) is 6.92 Å². The summed E-state index contributed by atoms with van der Waals surface area (Å²) in [5.41, 5.74) is 1.74. The van der Waals surface area contributed by atoms with E-state index in [1.54, 1.807) is 5.57 Å². The third-order valence-corrected chi connectivity index (χ3v) is 11.5. The maximum Gasteiger partial charge on any atom is 0.306 e. The Morgan fingerprint density at radius 3 is 2.50 bits per heavy atom. The van der Waals surface area contributed by atoms with Gasteiger partial charge in [0.25, 0.3) is 0 Å². The van der Waals surface area contributed by atoms with Crippen molar-refractivity contribution in [3.8, 4) is 0 Å². The van der Waals surface area contributed by atoms with Gasteiger partial charge >= 0.3 is 5.97 Å². The first-order chi connectivity index (χ1) is 16.9. The van der Waals surface area contributed by atoms with Crippen LogP contribution in [0.3, 0.4) is 0 Å². The van der Waals surface area contributed by atoms with Crippen molar-refractivity contribution in [3.63, 3.8) is 0 Å². The third kappa shape index (κ3) is 5.36. The average molecular weight is 501 g/mol. The number of allylic oxidation sites excluding steroid dienone is 1. The van der Waals surface area contributed by atoms with Crippen LogP contribution in [0.5, 0.6) is 0 Å². The number of fused-ring (bicyclic) bond motifs is 5. The highest BCUT2D eigenvalue weighted by Crippen LogP contribution is 2.67. The minimum absolute atomic E-state index is 0.0296. The number of ketones is 1. The molecule has 204 valence electrons. The quantitative estimate of drug-likeness (QED) is 0.264. The Morgan fingerprint density at radius 2 is 1.81 bits per heavy atom. The predicted molar refractivity (Wildman–Crippen MR) is 144 cm³/mol. The van der Waals surface area contributed by atoms with Gasteiger partial charge in [0, 0.05) is 6.42 Å². The molecule has 0 saturated heterocycles. The van der Waals surface area contributed by atoms with E-state index in [2.05, 4.69) is 33.8 Å². The molecule has 3 fully saturated rings. The van der Waals surface area contributed by atoms with Crippen LogP contribution in [0, 0.1) is 40.4 Å². The van der Waals surface area contributed by atoms with Crippen LogP contribution >= 0.6 is 0 Å². The van der Waals surface area contributed by atoms with E-state index in [4.69, 9.17) is 4.74 Å². The number of ether oxygens (including phenoxy) is 1. The van der Waals surface area contributed by atoms with Crippen LogP contribution in [0.2, 0.25) is 0 Å². The number of Topliss-reactive ketones (excluding diaryl/α,β-unsaturated/α-hetero) is 1. The molecule has 1 unspecified atom stereocenters. The fourth-order valence-electron chi connectivity index (χ4n) is 9.30. The van der Waals surface area contributed by atoms with Crippen molar-refractivity contribution < 1.29 is 19.4 Å². The Bertz CT molecular complexity index is 858. The van der Waals surface area contributed by atoms with Gasteiger partial charge < -0.3 is 14.6 Å². The smallest absolute Gasteiger partial charge is 0.306 e. The van der Waals surface area contributed by atoms with Crippen LogP contribution in [0.1, 0.15) is 125 Å². The first kappa shape index (κ1) is 27.9. The van der Waals surface area contributed by atoms with Crippen molar-refractivity contribution in [2.45, 2.75) is 137 Å². The van der Waals surface area contributed by atoms with Crippen LogP contribution in [-0.2, 0) is 14.3 Å². The largest absolute Gasteiger partial charge is 0.462 e. The molecule has 4 aliphatic rings. The number of esters is 1. The average Bonchev–Trinajstić information content (AvgIpc) is 3.17. The van der Waals surface area contributed by atoms with Gasteiger partial charge in [-0.2, -0.15) is 0 Å². The number of carbonyl (C=O) groups excluding carboxylic acids is 2. The molecule has 0 radical (unpaired) electrons. The molecule has 0 amide bonds. The number of carbonyl (C=O) groups is 2. The molecule has 0 spiro atoms. The van der Waals surface area contributed by atoms with Gasteiger partial charge in [-0.1, -0.05) is 39.3 Å². The molecule has 3 saturated carbocycles. The number of hydrogen-bond acceptors (Lipinski definition) is 4. The summed E-state index contributed by atoms with van der Waals surface area (Å²) in [6, 6.07) is 0.